The highest BCUT2D eigenvalue weighted by Crippen LogP contribution is 2.44. The van der Waals surface area contributed by atoms with Gasteiger partial charge in [0.15, 0.2) is 0 Å². The molecule has 4 nitrogen and oxygen atoms in total. The van der Waals surface area contributed by atoms with Crippen LogP contribution in [0.5, 0.6) is 0 Å². The van der Waals surface area contributed by atoms with E-state index in [4.69, 9.17) is 11.6 Å². The first kappa shape index (κ1) is 21.5. The van der Waals surface area contributed by atoms with Crippen molar-refractivity contribution >= 4 is 34.7 Å². The van der Waals surface area contributed by atoms with Crippen molar-refractivity contribution in [3.05, 3.63) is 105 Å². The minimum atomic E-state index is -0.193. The normalized spacial score (nSPS) is 16.9. The van der Waals surface area contributed by atoms with Crippen molar-refractivity contribution in [3.8, 4) is 5.00 Å². The van der Waals surface area contributed by atoms with Crippen LogP contribution in [0.15, 0.2) is 66.9 Å². The van der Waals surface area contributed by atoms with E-state index in [1.54, 1.807) is 12.1 Å². The standard InChI is InChI=1S/C28H26ClN3OS/c1-18-6-4-7-19(16-18)26-24-9-5-15-31(24)27-23(22-8-2-3-10-25(22)34-27)17-32(26)28(33)30-21-13-11-20(29)12-14-21/h4-7,9,11-16,26H,2-3,8,10,17H2,1H3,(H,30,33)/t26-/m0/s1. The Morgan fingerprint density at radius 3 is 2.68 bits per heavy atom. The van der Waals surface area contributed by atoms with Gasteiger partial charge in [0.25, 0.3) is 0 Å². The van der Waals surface area contributed by atoms with Gasteiger partial charge in [-0.25, -0.2) is 4.79 Å². The zero-order valence-corrected chi connectivity index (χ0v) is 20.6. The van der Waals surface area contributed by atoms with Crippen LogP contribution in [-0.2, 0) is 19.4 Å². The summed E-state index contributed by atoms with van der Waals surface area (Å²) in [5, 5.41) is 5.05. The first-order valence-electron chi connectivity index (χ1n) is 11.8. The molecule has 1 aliphatic carbocycles. The largest absolute Gasteiger partial charge is 0.322 e. The number of carbonyl (C=O) groups is 1. The average molecular weight is 488 g/mol. The van der Waals surface area contributed by atoms with Crippen LogP contribution in [-0.4, -0.2) is 15.5 Å². The van der Waals surface area contributed by atoms with Crippen LogP contribution in [0.3, 0.4) is 0 Å². The van der Waals surface area contributed by atoms with E-state index in [9.17, 15) is 4.79 Å². The summed E-state index contributed by atoms with van der Waals surface area (Å²) in [6.07, 6.45) is 6.85. The Morgan fingerprint density at radius 2 is 1.85 bits per heavy atom. The molecule has 2 aliphatic rings. The number of thiophene rings is 1. The Morgan fingerprint density at radius 1 is 1.03 bits per heavy atom. The number of aromatic nitrogens is 1. The second kappa shape index (κ2) is 8.64. The van der Waals surface area contributed by atoms with Gasteiger partial charge in [-0.1, -0.05) is 41.4 Å². The molecular weight excluding hydrogens is 462 g/mol. The third-order valence-electron chi connectivity index (χ3n) is 6.89. The lowest BCUT2D eigenvalue weighted by atomic mass is 9.95. The molecule has 34 heavy (non-hydrogen) atoms. The molecule has 2 aromatic heterocycles. The third-order valence-corrected chi connectivity index (χ3v) is 8.48. The number of rotatable bonds is 2. The molecule has 1 N–H and O–H groups in total. The molecule has 2 aromatic carbocycles. The monoisotopic (exact) mass is 487 g/mol. The molecule has 3 heterocycles. The molecule has 0 bridgehead atoms. The Bertz CT molecular complexity index is 1370. The lowest BCUT2D eigenvalue weighted by Gasteiger charge is -2.31. The molecule has 1 aliphatic heterocycles. The van der Waals surface area contributed by atoms with Crippen molar-refractivity contribution in [2.45, 2.75) is 45.2 Å². The van der Waals surface area contributed by atoms with Gasteiger partial charge >= 0.3 is 6.03 Å². The van der Waals surface area contributed by atoms with Gasteiger partial charge in [0, 0.05) is 27.3 Å². The van der Waals surface area contributed by atoms with Crippen LogP contribution >= 0.6 is 22.9 Å². The molecule has 6 heteroatoms. The molecule has 0 saturated heterocycles. The molecule has 0 spiro atoms. The summed E-state index contributed by atoms with van der Waals surface area (Å²) in [5.74, 6) is 0. The van der Waals surface area contributed by atoms with E-state index in [0.29, 0.717) is 11.6 Å². The summed E-state index contributed by atoms with van der Waals surface area (Å²) in [6.45, 7) is 2.69. The molecule has 6 rings (SSSR count). The zero-order chi connectivity index (χ0) is 23.2. The topological polar surface area (TPSA) is 37.3 Å². The Balaban J connectivity index is 1.50. The van der Waals surface area contributed by atoms with Crippen molar-refractivity contribution in [2.24, 2.45) is 0 Å². The molecule has 4 aromatic rings. The highest BCUT2D eigenvalue weighted by atomic mass is 35.5. The maximum absolute atomic E-state index is 13.9. The van der Waals surface area contributed by atoms with Crippen molar-refractivity contribution < 1.29 is 4.79 Å². The fraction of sp³-hybridized carbons (Fsp3) is 0.250. The smallest absolute Gasteiger partial charge is 0.310 e. The number of fused-ring (bicyclic) bond motifs is 5. The van der Waals surface area contributed by atoms with E-state index in [-0.39, 0.29) is 12.1 Å². The van der Waals surface area contributed by atoms with Gasteiger partial charge in [-0.3, -0.25) is 0 Å². The van der Waals surface area contributed by atoms with E-state index in [1.807, 2.05) is 28.4 Å². The van der Waals surface area contributed by atoms with Crippen molar-refractivity contribution in [2.75, 3.05) is 5.32 Å². The predicted octanol–water partition coefficient (Wildman–Crippen LogP) is 7.52. The molecule has 2 amide bonds. The molecule has 0 fully saturated rings. The molecule has 172 valence electrons. The fourth-order valence-corrected chi connectivity index (χ4v) is 6.84. The number of halogens is 1. The quantitative estimate of drug-likeness (QED) is 0.312. The number of amides is 2. The molecule has 0 saturated carbocycles. The molecular formula is C28H26ClN3OS. The summed E-state index contributed by atoms with van der Waals surface area (Å²) in [6, 6.07) is 19.8. The van der Waals surface area contributed by atoms with Crippen LogP contribution in [0.4, 0.5) is 10.5 Å². The van der Waals surface area contributed by atoms with Crippen molar-refractivity contribution in [1.82, 2.24) is 9.47 Å². The van der Waals surface area contributed by atoms with Gasteiger partial charge in [0.2, 0.25) is 0 Å². The number of nitrogens with one attached hydrogen (secondary N) is 1. The Kier molecular flexibility index (Phi) is 5.47. The first-order chi connectivity index (χ1) is 16.6. The van der Waals surface area contributed by atoms with Crippen LogP contribution < -0.4 is 5.32 Å². The molecule has 0 radical (unpaired) electrons. The van der Waals surface area contributed by atoms with E-state index in [0.717, 1.165) is 29.8 Å². The minimum Gasteiger partial charge on any atom is -0.310 e. The summed E-state index contributed by atoms with van der Waals surface area (Å²) < 4.78 is 2.32. The fourth-order valence-electron chi connectivity index (χ4n) is 5.31. The van der Waals surface area contributed by atoms with E-state index < -0.39 is 0 Å². The second-order valence-corrected chi connectivity index (χ2v) is 10.7. The van der Waals surface area contributed by atoms with Gasteiger partial charge in [-0.15, -0.1) is 11.3 Å². The number of benzene rings is 2. The van der Waals surface area contributed by atoms with Gasteiger partial charge in [0.1, 0.15) is 5.00 Å². The highest BCUT2D eigenvalue weighted by molar-refractivity contribution is 7.15. The zero-order valence-electron chi connectivity index (χ0n) is 19.1. The van der Waals surface area contributed by atoms with Crippen LogP contribution in [0.2, 0.25) is 5.02 Å². The average Bonchev–Trinajstić information content (AvgIpc) is 3.42. The van der Waals surface area contributed by atoms with Gasteiger partial charge < -0.3 is 14.8 Å². The number of anilines is 1. The highest BCUT2D eigenvalue weighted by Gasteiger charge is 2.36. The SMILES string of the molecule is Cc1cccc([C@H]2c3cccn3-c3sc4c(c3CN2C(=O)Nc2ccc(Cl)cc2)CCCC4)c1. The van der Waals surface area contributed by atoms with Crippen LogP contribution in [0.25, 0.3) is 5.00 Å². The summed E-state index contributed by atoms with van der Waals surface area (Å²) in [5.41, 5.74) is 6.93. The van der Waals surface area contributed by atoms with Crippen molar-refractivity contribution in [1.29, 1.82) is 0 Å². The first-order valence-corrected chi connectivity index (χ1v) is 13.0. The number of urea groups is 1. The van der Waals surface area contributed by atoms with Gasteiger partial charge in [-0.05, 0) is 80.1 Å². The third kappa shape index (κ3) is 3.73. The predicted molar refractivity (Wildman–Crippen MR) is 139 cm³/mol. The second-order valence-electron chi connectivity index (χ2n) is 9.18. The van der Waals surface area contributed by atoms with Crippen LogP contribution in [0, 0.1) is 6.92 Å². The molecule has 0 unspecified atom stereocenters. The summed E-state index contributed by atoms with van der Waals surface area (Å²) in [4.78, 5) is 17.4. The number of hydrogen-bond acceptors (Lipinski definition) is 2. The lowest BCUT2D eigenvalue weighted by Crippen LogP contribution is -2.38. The number of nitrogens with zero attached hydrogens (tertiary/aromatic N) is 2. The summed E-state index contributed by atoms with van der Waals surface area (Å²) in [7, 11) is 0. The molecule has 1 atom stereocenters. The Labute approximate surface area is 208 Å². The summed E-state index contributed by atoms with van der Waals surface area (Å²) >= 11 is 7.97. The maximum atomic E-state index is 13.9. The van der Waals surface area contributed by atoms with E-state index >= 15 is 0 Å². The Hall–Kier alpha value is -3.02. The number of aryl methyl sites for hydroxylation is 2. The number of carbonyl (C=O) groups excluding carboxylic acids is 1. The van der Waals surface area contributed by atoms with E-state index in [1.165, 1.54) is 39.4 Å². The van der Waals surface area contributed by atoms with Crippen molar-refractivity contribution in [3.63, 3.8) is 0 Å². The van der Waals surface area contributed by atoms with Crippen LogP contribution in [0.1, 0.15) is 51.7 Å². The lowest BCUT2D eigenvalue weighted by molar-refractivity contribution is 0.194. The van der Waals surface area contributed by atoms with Gasteiger partial charge in [-0.2, -0.15) is 0 Å². The maximum Gasteiger partial charge on any atom is 0.322 e. The number of hydrogen-bond donors (Lipinski definition) is 1. The minimum absolute atomic E-state index is 0.106. The van der Waals surface area contributed by atoms with E-state index in [2.05, 4.69) is 59.4 Å². The van der Waals surface area contributed by atoms with Gasteiger partial charge in [0.05, 0.1) is 18.3 Å².